The average molecular weight is 299 g/mol. The first-order valence-electron chi connectivity index (χ1n) is 6.08. The molecule has 2 N–H and O–H groups in total. The van der Waals surface area contributed by atoms with E-state index in [-0.39, 0.29) is 11.3 Å². The zero-order chi connectivity index (χ0) is 14.2. The third-order valence-electron chi connectivity index (χ3n) is 3.46. The van der Waals surface area contributed by atoms with Crippen molar-refractivity contribution in [3.05, 3.63) is 33.9 Å². The fourth-order valence-corrected chi connectivity index (χ4v) is 2.50. The Labute approximate surface area is 122 Å². The van der Waals surface area contributed by atoms with E-state index < -0.39 is 0 Å². The minimum atomic E-state index is -0.168. The van der Waals surface area contributed by atoms with E-state index >= 15 is 0 Å². The number of rotatable bonds is 3. The summed E-state index contributed by atoms with van der Waals surface area (Å²) in [6, 6.07) is 5.35. The summed E-state index contributed by atoms with van der Waals surface area (Å²) >= 11 is 12.5. The van der Waals surface area contributed by atoms with E-state index in [1.165, 1.54) is 0 Å². The molecule has 1 aromatic heterocycles. The van der Waals surface area contributed by atoms with E-state index in [2.05, 4.69) is 25.9 Å². The number of hydrogen-bond acceptors (Lipinski definition) is 3. The van der Waals surface area contributed by atoms with Crippen molar-refractivity contribution in [3.8, 4) is 11.1 Å². The number of anilines is 1. The van der Waals surface area contributed by atoms with Crippen LogP contribution < -0.4 is 5.73 Å². The highest BCUT2D eigenvalue weighted by Gasteiger charge is 2.30. The maximum absolute atomic E-state index is 6.25. The summed E-state index contributed by atoms with van der Waals surface area (Å²) in [5.74, 6) is 0.242. The van der Waals surface area contributed by atoms with Crippen LogP contribution in [-0.4, -0.2) is 5.16 Å². The monoisotopic (exact) mass is 298 g/mol. The lowest BCUT2D eigenvalue weighted by atomic mass is 9.83. The quantitative estimate of drug-likeness (QED) is 0.875. The van der Waals surface area contributed by atoms with Gasteiger partial charge in [0, 0.05) is 11.0 Å². The number of aromatic nitrogens is 1. The van der Waals surface area contributed by atoms with Gasteiger partial charge in [0.15, 0.2) is 0 Å². The highest BCUT2D eigenvalue weighted by atomic mass is 35.5. The molecular weight excluding hydrogens is 283 g/mol. The van der Waals surface area contributed by atoms with E-state index in [1.54, 1.807) is 18.2 Å². The van der Waals surface area contributed by atoms with Crippen LogP contribution >= 0.6 is 23.2 Å². The molecule has 2 rings (SSSR count). The van der Waals surface area contributed by atoms with Crippen molar-refractivity contribution in [3.63, 3.8) is 0 Å². The lowest BCUT2D eigenvalue weighted by Gasteiger charge is -2.21. The minimum absolute atomic E-state index is 0.168. The molecule has 1 heterocycles. The molecule has 2 aromatic rings. The molecule has 1 aromatic carbocycles. The van der Waals surface area contributed by atoms with E-state index in [0.717, 1.165) is 12.1 Å². The van der Waals surface area contributed by atoms with Gasteiger partial charge in [-0.05, 0) is 18.6 Å². The summed E-state index contributed by atoms with van der Waals surface area (Å²) in [6.45, 7) is 6.25. The summed E-state index contributed by atoms with van der Waals surface area (Å²) in [4.78, 5) is 0. The molecule has 0 spiro atoms. The van der Waals surface area contributed by atoms with Crippen molar-refractivity contribution in [2.45, 2.75) is 32.6 Å². The smallest absolute Gasteiger partial charge is 0.230 e. The summed E-state index contributed by atoms with van der Waals surface area (Å²) in [7, 11) is 0. The molecule has 0 aliphatic heterocycles. The number of nitrogens with zero attached hydrogens (tertiary/aromatic N) is 1. The molecule has 0 saturated heterocycles. The molecule has 0 unspecified atom stereocenters. The molecule has 5 heteroatoms. The van der Waals surface area contributed by atoms with Gasteiger partial charge in [-0.1, -0.05) is 55.2 Å². The van der Waals surface area contributed by atoms with Crippen LogP contribution in [0.1, 0.15) is 32.9 Å². The Kier molecular flexibility index (Phi) is 3.79. The van der Waals surface area contributed by atoms with Gasteiger partial charge in [-0.25, -0.2) is 0 Å². The number of nitrogen functional groups attached to an aromatic ring is 1. The number of benzene rings is 1. The average Bonchev–Trinajstić information content (AvgIpc) is 2.72. The van der Waals surface area contributed by atoms with Crippen molar-refractivity contribution in [2.75, 3.05) is 5.73 Å². The van der Waals surface area contributed by atoms with Gasteiger partial charge in [0.05, 0.1) is 21.3 Å². The van der Waals surface area contributed by atoms with Crippen LogP contribution in [0, 0.1) is 0 Å². The van der Waals surface area contributed by atoms with Crippen LogP contribution in [0.25, 0.3) is 11.1 Å². The van der Waals surface area contributed by atoms with Crippen molar-refractivity contribution in [2.24, 2.45) is 0 Å². The topological polar surface area (TPSA) is 52.0 Å². The molecule has 0 amide bonds. The van der Waals surface area contributed by atoms with Crippen LogP contribution in [0.2, 0.25) is 10.0 Å². The molecule has 0 bridgehead atoms. The predicted molar refractivity (Wildman–Crippen MR) is 79.7 cm³/mol. The standard InChI is InChI=1S/C14H16Cl2N2O/c1-4-14(2,3)12-11(13(17)19-18-12)10-8(15)6-5-7-9(10)16/h5-7H,4,17H2,1-3H3. The largest absolute Gasteiger partial charge is 0.367 e. The Bertz CT molecular complexity index is 585. The van der Waals surface area contributed by atoms with Gasteiger partial charge in [-0.3, -0.25) is 0 Å². The minimum Gasteiger partial charge on any atom is -0.367 e. The fraction of sp³-hybridized carbons (Fsp3) is 0.357. The molecule has 0 atom stereocenters. The van der Waals surface area contributed by atoms with Gasteiger partial charge in [-0.2, -0.15) is 0 Å². The van der Waals surface area contributed by atoms with Gasteiger partial charge in [-0.15, -0.1) is 0 Å². The van der Waals surface area contributed by atoms with Gasteiger partial charge >= 0.3 is 0 Å². The van der Waals surface area contributed by atoms with E-state index in [1.807, 2.05) is 0 Å². The second kappa shape index (κ2) is 5.06. The van der Waals surface area contributed by atoms with E-state index in [0.29, 0.717) is 21.2 Å². The number of nitrogens with two attached hydrogens (primary N) is 1. The zero-order valence-electron chi connectivity index (χ0n) is 11.1. The molecule has 0 aliphatic rings. The second-order valence-electron chi connectivity index (χ2n) is 5.10. The normalized spacial score (nSPS) is 11.8. The molecule has 0 fully saturated rings. The third-order valence-corrected chi connectivity index (χ3v) is 4.09. The summed E-state index contributed by atoms with van der Waals surface area (Å²) < 4.78 is 5.16. The molecule has 0 aliphatic carbocycles. The molecule has 19 heavy (non-hydrogen) atoms. The Morgan fingerprint density at radius 2 is 1.79 bits per heavy atom. The van der Waals surface area contributed by atoms with Crippen molar-refractivity contribution in [1.29, 1.82) is 0 Å². The van der Waals surface area contributed by atoms with Gasteiger partial charge < -0.3 is 10.3 Å². The second-order valence-corrected chi connectivity index (χ2v) is 5.92. The first kappa shape index (κ1) is 14.2. The first-order valence-corrected chi connectivity index (χ1v) is 6.84. The predicted octanol–water partition coefficient (Wildman–Crippen LogP) is 4.92. The maximum Gasteiger partial charge on any atom is 0.230 e. The highest BCUT2D eigenvalue weighted by molar-refractivity contribution is 6.39. The van der Waals surface area contributed by atoms with Crippen molar-refractivity contribution >= 4 is 29.1 Å². The van der Waals surface area contributed by atoms with Crippen LogP contribution in [0.3, 0.4) is 0 Å². The van der Waals surface area contributed by atoms with Crippen molar-refractivity contribution < 1.29 is 4.52 Å². The Morgan fingerprint density at radius 3 is 2.32 bits per heavy atom. The Balaban J connectivity index is 2.73. The molecule has 102 valence electrons. The Hall–Kier alpha value is -1.19. The summed E-state index contributed by atoms with van der Waals surface area (Å²) in [5.41, 5.74) is 7.91. The van der Waals surface area contributed by atoms with Crippen molar-refractivity contribution in [1.82, 2.24) is 5.16 Å². The zero-order valence-corrected chi connectivity index (χ0v) is 12.6. The number of halogens is 2. The highest BCUT2D eigenvalue weighted by Crippen LogP contribution is 2.44. The lowest BCUT2D eigenvalue weighted by molar-refractivity contribution is 0.391. The van der Waals surface area contributed by atoms with E-state index in [9.17, 15) is 0 Å². The van der Waals surface area contributed by atoms with Crippen LogP contribution in [0.4, 0.5) is 5.88 Å². The first-order chi connectivity index (χ1) is 8.88. The third kappa shape index (κ3) is 2.45. The lowest BCUT2D eigenvalue weighted by Crippen LogP contribution is -2.17. The molecular formula is C14H16Cl2N2O. The van der Waals surface area contributed by atoms with Crippen LogP contribution in [0.5, 0.6) is 0 Å². The van der Waals surface area contributed by atoms with Gasteiger partial charge in [0.1, 0.15) is 0 Å². The van der Waals surface area contributed by atoms with Crippen LogP contribution in [-0.2, 0) is 5.41 Å². The summed E-state index contributed by atoms with van der Waals surface area (Å²) in [5, 5.41) is 5.17. The molecule has 3 nitrogen and oxygen atoms in total. The number of hydrogen-bond donors (Lipinski definition) is 1. The van der Waals surface area contributed by atoms with Crippen LogP contribution in [0.15, 0.2) is 22.7 Å². The van der Waals surface area contributed by atoms with E-state index in [4.69, 9.17) is 33.5 Å². The Morgan fingerprint density at radius 1 is 1.21 bits per heavy atom. The fourth-order valence-electron chi connectivity index (χ4n) is 1.91. The van der Waals surface area contributed by atoms with Gasteiger partial charge in [0.2, 0.25) is 5.88 Å². The molecule has 0 radical (unpaired) electrons. The van der Waals surface area contributed by atoms with Gasteiger partial charge in [0.25, 0.3) is 0 Å². The maximum atomic E-state index is 6.25. The molecule has 0 saturated carbocycles. The summed E-state index contributed by atoms with van der Waals surface area (Å²) in [6.07, 6.45) is 0.897. The SMILES string of the molecule is CCC(C)(C)c1noc(N)c1-c1c(Cl)cccc1Cl.